The number of methoxy groups -OCH3 is 1. The van der Waals surface area contributed by atoms with Crippen molar-refractivity contribution in [3.8, 4) is 0 Å². The van der Waals surface area contributed by atoms with Crippen molar-refractivity contribution in [2.24, 2.45) is 11.8 Å². The molecule has 7 heteroatoms. The Morgan fingerprint density at radius 3 is 2.32 bits per heavy atom. The average molecular weight is 270 g/mol. The number of urea groups is 1. The van der Waals surface area contributed by atoms with E-state index in [1.165, 1.54) is 12.0 Å². The third-order valence-electron chi connectivity index (χ3n) is 3.73. The molecular formula is C12H18N2O5. The molecule has 2 rings (SSSR count). The second-order valence-corrected chi connectivity index (χ2v) is 5.03. The average Bonchev–Trinajstić information content (AvgIpc) is 2.35. The van der Waals surface area contributed by atoms with Gasteiger partial charge >= 0.3 is 18.0 Å². The number of nitrogens with zero attached hydrogens (tertiary/aromatic N) is 2. The number of piperidine rings is 1. The van der Waals surface area contributed by atoms with Crippen molar-refractivity contribution in [1.29, 1.82) is 0 Å². The fraction of sp³-hybridized carbons (Fsp3) is 0.750. The molecule has 2 aliphatic heterocycles. The molecule has 0 spiro atoms. The summed E-state index contributed by atoms with van der Waals surface area (Å²) in [6.07, 6.45) is 1.50. The minimum Gasteiger partial charge on any atom is -0.481 e. The van der Waals surface area contributed by atoms with Crippen LogP contribution in [-0.2, 0) is 14.3 Å². The van der Waals surface area contributed by atoms with E-state index in [9.17, 15) is 14.4 Å². The number of carboxylic acid groups (broad SMARTS) is 1. The Kier molecular flexibility index (Phi) is 3.92. The zero-order valence-corrected chi connectivity index (χ0v) is 10.9. The van der Waals surface area contributed by atoms with E-state index in [1.54, 1.807) is 4.90 Å². The molecule has 7 nitrogen and oxygen atoms in total. The number of carbonyl (C=O) groups is 3. The van der Waals surface area contributed by atoms with E-state index in [-0.39, 0.29) is 31.0 Å². The molecule has 1 N–H and O–H groups in total. The molecule has 2 fully saturated rings. The van der Waals surface area contributed by atoms with E-state index < -0.39 is 11.9 Å². The molecule has 0 aromatic carbocycles. The van der Waals surface area contributed by atoms with Crippen LogP contribution >= 0.6 is 0 Å². The molecule has 1 atom stereocenters. The molecule has 0 radical (unpaired) electrons. The fourth-order valence-corrected chi connectivity index (χ4v) is 2.50. The lowest BCUT2D eigenvalue weighted by molar-refractivity contribution is -0.147. The molecule has 2 amide bonds. The van der Waals surface area contributed by atoms with Crippen molar-refractivity contribution < 1.29 is 24.2 Å². The maximum atomic E-state index is 12.1. The van der Waals surface area contributed by atoms with Gasteiger partial charge in [-0.25, -0.2) is 4.79 Å². The number of amides is 2. The van der Waals surface area contributed by atoms with Crippen LogP contribution in [0.2, 0.25) is 0 Å². The minimum atomic E-state index is -0.866. The molecule has 2 heterocycles. The first kappa shape index (κ1) is 13.6. The molecule has 1 unspecified atom stereocenters. The van der Waals surface area contributed by atoms with Crippen LogP contribution in [-0.4, -0.2) is 66.2 Å². The second-order valence-electron chi connectivity index (χ2n) is 5.03. The molecule has 0 aromatic heterocycles. The van der Waals surface area contributed by atoms with Crippen molar-refractivity contribution in [2.75, 3.05) is 33.3 Å². The fourth-order valence-electron chi connectivity index (χ4n) is 2.50. The highest BCUT2D eigenvalue weighted by Crippen LogP contribution is 2.22. The van der Waals surface area contributed by atoms with Gasteiger partial charge in [-0.1, -0.05) is 0 Å². The van der Waals surface area contributed by atoms with Gasteiger partial charge in [-0.05, 0) is 12.8 Å². The van der Waals surface area contributed by atoms with E-state index in [2.05, 4.69) is 0 Å². The van der Waals surface area contributed by atoms with Crippen molar-refractivity contribution in [2.45, 2.75) is 12.8 Å². The SMILES string of the molecule is COC(=O)C1CCCN(C(=O)N2CC(C(=O)O)C2)C1. The number of aliphatic carboxylic acids is 1. The topological polar surface area (TPSA) is 87.2 Å². The molecule has 0 bridgehead atoms. The molecule has 106 valence electrons. The van der Waals surface area contributed by atoms with Crippen LogP contribution in [0.4, 0.5) is 4.79 Å². The van der Waals surface area contributed by atoms with Crippen molar-refractivity contribution >= 4 is 18.0 Å². The van der Waals surface area contributed by atoms with Crippen LogP contribution < -0.4 is 0 Å². The monoisotopic (exact) mass is 270 g/mol. The predicted molar refractivity (Wildman–Crippen MR) is 64.4 cm³/mol. The number of hydrogen-bond acceptors (Lipinski definition) is 4. The lowest BCUT2D eigenvalue weighted by Gasteiger charge is -2.41. The number of likely N-dealkylation sites (tertiary alicyclic amines) is 2. The van der Waals surface area contributed by atoms with Gasteiger partial charge in [0.2, 0.25) is 0 Å². The largest absolute Gasteiger partial charge is 0.481 e. The van der Waals surface area contributed by atoms with Gasteiger partial charge in [0.25, 0.3) is 0 Å². The van der Waals surface area contributed by atoms with Gasteiger partial charge in [-0.3, -0.25) is 9.59 Å². The van der Waals surface area contributed by atoms with Crippen LogP contribution in [0, 0.1) is 11.8 Å². The van der Waals surface area contributed by atoms with Gasteiger partial charge in [-0.2, -0.15) is 0 Å². The first-order chi connectivity index (χ1) is 9.02. The summed E-state index contributed by atoms with van der Waals surface area (Å²) < 4.78 is 4.70. The number of carboxylic acids is 1. The lowest BCUT2D eigenvalue weighted by Crippen LogP contribution is -2.58. The number of carbonyl (C=O) groups excluding carboxylic acids is 2. The Hall–Kier alpha value is -1.79. The maximum absolute atomic E-state index is 12.1. The smallest absolute Gasteiger partial charge is 0.320 e. The zero-order chi connectivity index (χ0) is 14.0. The summed E-state index contributed by atoms with van der Waals surface area (Å²) in [6.45, 7) is 1.49. The Morgan fingerprint density at radius 1 is 1.11 bits per heavy atom. The van der Waals surface area contributed by atoms with Crippen LogP contribution in [0.25, 0.3) is 0 Å². The van der Waals surface area contributed by atoms with Crippen molar-refractivity contribution in [3.63, 3.8) is 0 Å². The summed E-state index contributed by atoms with van der Waals surface area (Å²) in [5.41, 5.74) is 0. The number of rotatable bonds is 2. The summed E-state index contributed by atoms with van der Waals surface area (Å²) in [4.78, 5) is 37.4. The number of ether oxygens (including phenoxy) is 1. The normalized spacial score (nSPS) is 23.7. The number of esters is 1. The van der Waals surface area contributed by atoms with Crippen molar-refractivity contribution in [3.05, 3.63) is 0 Å². The minimum absolute atomic E-state index is 0.175. The van der Waals surface area contributed by atoms with Gasteiger partial charge in [-0.15, -0.1) is 0 Å². The summed E-state index contributed by atoms with van der Waals surface area (Å²) in [6, 6.07) is -0.175. The van der Waals surface area contributed by atoms with Gasteiger partial charge < -0.3 is 19.6 Å². The van der Waals surface area contributed by atoms with Gasteiger partial charge in [0, 0.05) is 26.2 Å². The van der Waals surface area contributed by atoms with E-state index in [4.69, 9.17) is 9.84 Å². The zero-order valence-electron chi connectivity index (χ0n) is 10.9. The van der Waals surface area contributed by atoms with E-state index in [0.29, 0.717) is 13.1 Å². The van der Waals surface area contributed by atoms with Gasteiger partial charge in [0.05, 0.1) is 18.9 Å². The highest BCUT2D eigenvalue weighted by Gasteiger charge is 2.39. The predicted octanol–water partition coefficient (Wildman–Crippen LogP) is 0.00780. The Bertz CT molecular complexity index is 392. The number of hydrogen-bond donors (Lipinski definition) is 1. The van der Waals surface area contributed by atoms with Gasteiger partial charge in [0.1, 0.15) is 0 Å². The molecule has 19 heavy (non-hydrogen) atoms. The van der Waals surface area contributed by atoms with Crippen molar-refractivity contribution in [1.82, 2.24) is 9.80 Å². The summed E-state index contributed by atoms with van der Waals surface area (Å²) in [5.74, 6) is -1.87. The highest BCUT2D eigenvalue weighted by molar-refractivity contribution is 5.81. The Morgan fingerprint density at radius 2 is 1.74 bits per heavy atom. The van der Waals surface area contributed by atoms with Crippen LogP contribution in [0.15, 0.2) is 0 Å². The Labute approximate surface area is 111 Å². The lowest BCUT2D eigenvalue weighted by atomic mass is 9.97. The van der Waals surface area contributed by atoms with Crippen LogP contribution in [0.3, 0.4) is 0 Å². The first-order valence-corrected chi connectivity index (χ1v) is 6.37. The van der Waals surface area contributed by atoms with Crippen LogP contribution in [0.1, 0.15) is 12.8 Å². The summed E-state index contributed by atoms with van der Waals surface area (Å²) >= 11 is 0. The van der Waals surface area contributed by atoms with E-state index in [1.807, 2.05) is 0 Å². The van der Waals surface area contributed by atoms with Gasteiger partial charge in [0.15, 0.2) is 0 Å². The molecule has 0 aromatic rings. The Balaban J connectivity index is 1.86. The highest BCUT2D eigenvalue weighted by atomic mass is 16.5. The summed E-state index contributed by atoms with van der Waals surface area (Å²) in [7, 11) is 1.34. The molecule has 0 aliphatic carbocycles. The molecular weight excluding hydrogens is 252 g/mol. The summed E-state index contributed by atoms with van der Waals surface area (Å²) in [5, 5.41) is 8.78. The third-order valence-corrected chi connectivity index (χ3v) is 3.73. The van der Waals surface area contributed by atoms with Crippen LogP contribution in [0.5, 0.6) is 0 Å². The second kappa shape index (κ2) is 5.46. The standard InChI is InChI=1S/C12H18N2O5/c1-19-11(17)8-3-2-4-13(5-8)12(18)14-6-9(7-14)10(15)16/h8-9H,2-7H2,1H3,(H,15,16). The first-order valence-electron chi connectivity index (χ1n) is 6.37. The molecule has 2 saturated heterocycles. The van der Waals surface area contributed by atoms with E-state index in [0.717, 1.165) is 12.8 Å². The maximum Gasteiger partial charge on any atom is 0.320 e. The molecule has 0 saturated carbocycles. The molecule has 2 aliphatic rings. The quantitative estimate of drug-likeness (QED) is 0.714. The third kappa shape index (κ3) is 2.80. The van der Waals surface area contributed by atoms with E-state index >= 15 is 0 Å².